The lowest BCUT2D eigenvalue weighted by Gasteiger charge is -2.19. The zero-order valence-electron chi connectivity index (χ0n) is 10.1. The molecule has 17 heavy (non-hydrogen) atoms. The first-order chi connectivity index (χ1) is 8.22. The average molecular weight is 234 g/mol. The number of esters is 1. The first-order valence-corrected chi connectivity index (χ1v) is 6.56. The van der Waals surface area contributed by atoms with Gasteiger partial charge in [0.15, 0.2) is 0 Å². The lowest BCUT2D eigenvalue weighted by molar-refractivity contribution is -0.138. The topological polar surface area (TPSA) is 43.4 Å². The first-order valence-electron chi connectivity index (χ1n) is 6.56. The third-order valence-electron chi connectivity index (χ3n) is 4.49. The fourth-order valence-corrected chi connectivity index (χ4v) is 3.50. The Kier molecular flexibility index (Phi) is 2.57. The Bertz CT molecular complexity index is 392. The lowest BCUT2D eigenvalue weighted by Crippen LogP contribution is -2.27. The number of hydrogen-bond donors (Lipinski definition) is 0. The van der Waals surface area contributed by atoms with Crippen molar-refractivity contribution in [1.82, 2.24) is 0 Å². The number of Topliss-reactive ketones (excluding diaryl/α,β-unsaturated/α-hetero) is 1. The number of fused-ring (bicyclic) bond motifs is 1. The summed E-state index contributed by atoms with van der Waals surface area (Å²) in [6, 6.07) is 0. The van der Waals surface area contributed by atoms with Gasteiger partial charge in [0, 0.05) is 11.5 Å². The summed E-state index contributed by atoms with van der Waals surface area (Å²) in [7, 11) is 1.40. The minimum atomic E-state index is -0.293. The minimum absolute atomic E-state index is 0.151. The molecule has 0 N–H and O–H groups in total. The van der Waals surface area contributed by atoms with Gasteiger partial charge in [-0.2, -0.15) is 0 Å². The molecule has 2 saturated carbocycles. The Labute approximate surface area is 101 Å². The van der Waals surface area contributed by atoms with E-state index in [2.05, 4.69) is 0 Å². The molecule has 2 fully saturated rings. The van der Waals surface area contributed by atoms with Gasteiger partial charge in [-0.15, -0.1) is 0 Å². The van der Waals surface area contributed by atoms with Crippen LogP contribution in [0.25, 0.3) is 0 Å². The van der Waals surface area contributed by atoms with Gasteiger partial charge in [-0.1, -0.05) is 12.5 Å². The monoisotopic (exact) mass is 234 g/mol. The second kappa shape index (κ2) is 3.97. The van der Waals surface area contributed by atoms with Crippen molar-refractivity contribution in [3.8, 4) is 0 Å². The van der Waals surface area contributed by atoms with Crippen LogP contribution in [0.5, 0.6) is 0 Å². The van der Waals surface area contributed by atoms with Gasteiger partial charge in [-0.05, 0) is 37.5 Å². The molecule has 0 unspecified atom stereocenters. The van der Waals surface area contributed by atoms with Crippen molar-refractivity contribution >= 4 is 11.8 Å². The van der Waals surface area contributed by atoms with Crippen molar-refractivity contribution < 1.29 is 14.3 Å². The van der Waals surface area contributed by atoms with Crippen LogP contribution in [0.3, 0.4) is 0 Å². The molecule has 3 heteroatoms. The number of rotatable bonds is 3. The van der Waals surface area contributed by atoms with Crippen molar-refractivity contribution in [3.05, 3.63) is 11.6 Å². The molecule has 3 rings (SSSR count). The Balaban J connectivity index is 1.88. The Hall–Kier alpha value is -1.12. The van der Waals surface area contributed by atoms with E-state index in [1.165, 1.54) is 13.5 Å². The Morgan fingerprint density at radius 1 is 1.24 bits per heavy atom. The number of carbonyl (C=O) groups is 2. The van der Waals surface area contributed by atoms with Gasteiger partial charge in [-0.3, -0.25) is 4.79 Å². The molecule has 0 saturated heterocycles. The van der Waals surface area contributed by atoms with Crippen molar-refractivity contribution in [2.75, 3.05) is 7.11 Å². The Morgan fingerprint density at radius 2 is 2.00 bits per heavy atom. The maximum atomic E-state index is 12.3. The normalized spacial score (nSPS) is 35.4. The highest BCUT2D eigenvalue weighted by atomic mass is 16.5. The van der Waals surface area contributed by atoms with Gasteiger partial charge in [0.1, 0.15) is 5.78 Å². The molecule has 92 valence electrons. The van der Waals surface area contributed by atoms with Crippen molar-refractivity contribution in [2.24, 2.45) is 23.7 Å². The smallest absolute Gasteiger partial charge is 0.334 e. The van der Waals surface area contributed by atoms with Gasteiger partial charge in [-0.25, -0.2) is 4.79 Å². The van der Waals surface area contributed by atoms with Crippen LogP contribution in [0, 0.1) is 23.7 Å². The number of ether oxygens (including phenoxy) is 1. The van der Waals surface area contributed by atoms with E-state index in [4.69, 9.17) is 4.74 Å². The van der Waals surface area contributed by atoms with Gasteiger partial charge in [0.2, 0.25) is 0 Å². The van der Waals surface area contributed by atoms with Crippen LogP contribution >= 0.6 is 0 Å². The average Bonchev–Trinajstić information content (AvgIpc) is 2.97. The van der Waals surface area contributed by atoms with E-state index in [0.717, 1.165) is 25.7 Å². The summed E-state index contributed by atoms with van der Waals surface area (Å²) in [4.78, 5) is 24.1. The predicted octanol–water partition coefficient (Wildman–Crippen LogP) is 2.11. The van der Waals surface area contributed by atoms with Crippen LogP contribution in [-0.2, 0) is 14.3 Å². The van der Waals surface area contributed by atoms with Crippen LogP contribution < -0.4 is 0 Å². The summed E-state index contributed by atoms with van der Waals surface area (Å²) in [5, 5.41) is 0. The highest BCUT2D eigenvalue weighted by Crippen LogP contribution is 2.50. The van der Waals surface area contributed by atoms with Gasteiger partial charge < -0.3 is 4.74 Å². The summed E-state index contributed by atoms with van der Waals surface area (Å²) in [6.45, 7) is 0. The molecule has 0 aromatic heterocycles. The van der Waals surface area contributed by atoms with Crippen molar-refractivity contribution in [1.29, 1.82) is 0 Å². The zero-order chi connectivity index (χ0) is 12.0. The summed E-state index contributed by atoms with van der Waals surface area (Å²) < 4.78 is 4.82. The highest BCUT2D eigenvalue weighted by Gasteiger charge is 2.49. The molecule has 3 nitrogen and oxygen atoms in total. The van der Waals surface area contributed by atoms with Crippen LogP contribution in [0.2, 0.25) is 0 Å². The predicted molar refractivity (Wildman–Crippen MR) is 62.2 cm³/mol. The molecule has 0 radical (unpaired) electrons. The molecule has 0 aliphatic heterocycles. The summed E-state index contributed by atoms with van der Waals surface area (Å²) >= 11 is 0. The molecule has 0 amide bonds. The number of ketones is 1. The van der Waals surface area contributed by atoms with E-state index in [9.17, 15) is 9.59 Å². The molecule has 0 spiro atoms. The zero-order valence-corrected chi connectivity index (χ0v) is 10.1. The van der Waals surface area contributed by atoms with Crippen LogP contribution in [0.4, 0.5) is 0 Å². The Morgan fingerprint density at radius 3 is 2.65 bits per heavy atom. The molecule has 0 heterocycles. The lowest BCUT2D eigenvalue weighted by atomic mass is 9.83. The van der Waals surface area contributed by atoms with E-state index >= 15 is 0 Å². The molecule has 3 atom stereocenters. The maximum absolute atomic E-state index is 12.3. The molecule has 3 aliphatic rings. The highest BCUT2D eigenvalue weighted by molar-refractivity contribution is 6.00. The van der Waals surface area contributed by atoms with Gasteiger partial charge in [0.25, 0.3) is 0 Å². The third-order valence-corrected chi connectivity index (χ3v) is 4.49. The molecule has 3 aliphatic carbocycles. The van der Waals surface area contributed by atoms with Gasteiger partial charge in [0.05, 0.1) is 13.0 Å². The van der Waals surface area contributed by atoms with Gasteiger partial charge >= 0.3 is 5.97 Å². The fraction of sp³-hybridized carbons (Fsp3) is 0.714. The quantitative estimate of drug-likeness (QED) is 0.702. The SMILES string of the molecule is COC(=O)C1=C[C@H]2CCC[C@H]2[C@@H]1C(=O)C1CC1. The maximum Gasteiger partial charge on any atom is 0.334 e. The van der Waals surface area contributed by atoms with E-state index in [1.54, 1.807) is 0 Å². The standard InChI is InChI=1S/C14H18O3/c1-17-14(16)11-7-9-3-2-4-10(9)12(11)13(15)8-5-6-8/h7-10,12H,2-6H2,1H3/t9-,10-,12+/m1/s1. The molecular weight excluding hydrogens is 216 g/mol. The first kappa shape index (κ1) is 11.0. The second-order valence-electron chi connectivity index (χ2n) is 5.53. The van der Waals surface area contributed by atoms with Crippen molar-refractivity contribution in [3.63, 3.8) is 0 Å². The van der Waals surface area contributed by atoms with Crippen molar-refractivity contribution in [2.45, 2.75) is 32.1 Å². The van der Waals surface area contributed by atoms with Crippen LogP contribution in [-0.4, -0.2) is 18.9 Å². The van der Waals surface area contributed by atoms with Crippen LogP contribution in [0.1, 0.15) is 32.1 Å². The number of allylic oxidation sites excluding steroid dienone is 1. The molecule has 0 aromatic rings. The number of hydrogen-bond acceptors (Lipinski definition) is 3. The molecule has 0 bridgehead atoms. The van der Waals surface area contributed by atoms with E-state index in [1.807, 2.05) is 6.08 Å². The summed E-state index contributed by atoms with van der Waals surface area (Å²) in [5.41, 5.74) is 0.652. The summed E-state index contributed by atoms with van der Waals surface area (Å²) in [6.07, 6.45) is 7.45. The minimum Gasteiger partial charge on any atom is -0.466 e. The third kappa shape index (κ3) is 1.72. The van der Waals surface area contributed by atoms with E-state index in [0.29, 0.717) is 23.2 Å². The number of methoxy groups -OCH3 is 1. The fourth-order valence-electron chi connectivity index (χ4n) is 3.50. The molecule has 0 aromatic carbocycles. The summed E-state index contributed by atoms with van der Waals surface area (Å²) in [5.74, 6) is 0.915. The molecular formula is C14H18O3. The van der Waals surface area contributed by atoms with E-state index < -0.39 is 0 Å². The van der Waals surface area contributed by atoms with Crippen LogP contribution in [0.15, 0.2) is 11.6 Å². The second-order valence-corrected chi connectivity index (χ2v) is 5.53. The largest absolute Gasteiger partial charge is 0.466 e. The number of carbonyl (C=O) groups excluding carboxylic acids is 2. The van der Waals surface area contributed by atoms with E-state index in [-0.39, 0.29) is 17.8 Å².